The number of aromatic nitrogens is 4. The predicted octanol–water partition coefficient (Wildman–Crippen LogP) is 6.64. The normalized spacial score (nSPS) is 12.4. The average Bonchev–Trinajstić information content (AvgIpc) is 3.24. The lowest BCUT2D eigenvalue weighted by Crippen LogP contribution is -2.34. The van der Waals surface area contributed by atoms with E-state index in [0.29, 0.717) is 30.5 Å². The Morgan fingerprint density at radius 2 is 1.97 bits per heavy atom. The van der Waals surface area contributed by atoms with Gasteiger partial charge >= 0.3 is 6.09 Å². The first-order chi connectivity index (χ1) is 15.3. The summed E-state index contributed by atoms with van der Waals surface area (Å²) in [5.74, 6) is 0.385. The van der Waals surface area contributed by atoms with Crippen molar-refractivity contribution < 1.29 is 14.3 Å². The molecule has 1 N–H and O–H groups in total. The van der Waals surface area contributed by atoms with Gasteiger partial charge in [-0.1, -0.05) is 19.6 Å². The van der Waals surface area contributed by atoms with Crippen molar-refractivity contribution in [2.45, 2.75) is 58.8 Å². The van der Waals surface area contributed by atoms with Crippen LogP contribution < -0.4 is 4.90 Å². The molecule has 0 saturated carbocycles. The highest BCUT2D eigenvalue weighted by Crippen LogP contribution is 2.35. The number of carbonyl (C=O) groups excluding carboxylic acids is 1. The molecule has 0 bridgehead atoms. The molecule has 8 nitrogen and oxygen atoms in total. The number of nitrogens with one attached hydrogen (secondary N) is 1. The summed E-state index contributed by atoms with van der Waals surface area (Å²) in [6.07, 6.45) is 1.24. The molecular weight excluding hydrogens is 570 g/mol. The lowest BCUT2D eigenvalue weighted by molar-refractivity contribution is 0.0587. The van der Waals surface area contributed by atoms with Gasteiger partial charge in [0.15, 0.2) is 0 Å². The zero-order chi connectivity index (χ0) is 24.6. The molecule has 0 unspecified atom stereocenters. The summed E-state index contributed by atoms with van der Waals surface area (Å²) in [6.45, 7) is 13.6. The molecule has 3 aromatic heterocycles. The number of nitrogens with zero attached hydrogens (tertiary/aromatic N) is 4. The summed E-state index contributed by atoms with van der Waals surface area (Å²) >= 11 is 7.25. The molecule has 0 aromatic carbocycles. The quantitative estimate of drug-likeness (QED) is 0.243. The maximum atomic E-state index is 12.5. The van der Waals surface area contributed by atoms with E-state index >= 15 is 0 Å². The van der Waals surface area contributed by atoms with E-state index in [2.05, 4.69) is 66.5 Å². The Morgan fingerprint density at radius 3 is 2.61 bits per heavy atom. The summed E-state index contributed by atoms with van der Waals surface area (Å²) in [5.41, 5.74) is 2.37. The zero-order valence-electron chi connectivity index (χ0n) is 20.1. The fourth-order valence-corrected chi connectivity index (χ4v) is 4.63. The Hall–Kier alpha value is -1.69. The smallest absolute Gasteiger partial charge is 0.416 e. The minimum absolute atomic E-state index is 0.385. The van der Waals surface area contributed by atoms with Crippen LogP contribution in [0.1, 0.15) is 20.8 Å². The van der Waals surface area contributed by atoms with Crippen molar-refractivity contribution in [2.24, 2.45) is 0 Å². The number of hydrogen-bond acceptors (Lipinski definition) is 5. The monoisotopic (exact) mass is 599 g/mol. The van der Waals surface area contributed by atoms with Gasteiger partial charge in [0.25, 0.3) is 0 Å². The summed E-state index contributed by atoms with van der Waals surface area (Å²) in [5, 5.41) is 0. The minimum atomic E-state index is -1.17. The maximum Gasteiger partial charge on any atom is 0.416 e. The first-order valence-electron chi connectivity index (χ1n) is 10.7. The predicted molar refractivity (Wildman–Crippen MR) is 141 cm³/mol. The number of amides is 1. The van der Waals surface area contributed by atoms with E-state index in [1.807, 2.05) is 37.5 Å². The van der Waals surface area contributed by atoms with Crippen molar-refractivity contribution in [2.75, 3.05) is 18.6 Å². The van der Waals surface area contributed by atoms with Gasteiger partial charge in [-0.3, -0.25) is 9.88 Å². The van der Waals surface area contributed by atoms with Crippen LogP contribution >= 0.6 is 31.9 Å². The zero-order valence-corrected chi connectivity index (χ0v) is 24.3. The van der Waals surface area contributed by atoms with Gasteiger partial charge in [0.2, 0.25) is 5.95 Å². The highest BCUT2D eigenvalue weighted by molar-refractivity contribution is 9.13. The van der Waals surface area contributed by atoms with Gasteiger partial charge in [-0.05, 0) is 70.8 Å². The van der Waals surface area contributed by atoms with Crippen molar-refractivity contribution in [1.82, 2.24) is 19.5 Å². The molecule has 0 spiro atoms. The average molecular weight is 601 g/mol. The molecule has 0 aliphatic heterocycles. The molecule has 180 valence electrons. The van der Waals surface area contributed by atoms with E-state index < -0.39 is 19.8 Å². The number of hydrogen-bond donors (Lipinski definition) is 1. The number of imidazole rings is 1. The van der Waals surface area contributed by atoms with Crippen LogP contribution in [0, 0.1) is 0 Å². The third kappa shape index (κ3) is 6.46. The van der Waals surface area contributed by atoms with E-state index in [4.69, 9.17) is 9.47 Å². The number of carbonyl (C=O) groups is 1. The van der Waals surface area contributed by atoms with E-state index in [9.17, 15) is 4.79 Å². The summed E-state index contributed by atoms with van der Waals surface area (Å²) in [4.78, 5) is 26.4. The molecule has 0 saturated heterocycles. The van der Waals surface area contributed by atoms with Crippen LogP contribution in [0.15, 0.2) is 27.4 Å². The maximum absolute atomic E-state index is 12.5. The lowest BCUT2D eigenvalue weighted by Gasteiger charge is -2.23. The standard InChI is InChI=1S/C22H31Br2N5O3Si/c1-22(2,3)32-21(30)28(4)20-26-15-8-9-25-18(17(15)27-20)16-12-14(23)19(24)29(16)13-31-10-11-33(5,6)7/h8-9,12H,10-11,13H2,1-7H3,(H,26,27). The molecule has 0 aliphatic rings. The Bertz CT molecular complexity index is 1150. The molecule has 0 radical (unpaired) electrons. The number of H-pyrrole nitrogens is 1. The third-order valence-electron chi connectivity index (χ3n) is 4.82. The molecule has 3 rings (SSSR count). The molecule has 3 heterocycles. The van der Waals surface area contributed by atoms with Gasteiger partial charge < -0.3 is 19.0 Å². The van der Waals surface area contributed by atoms with Gasteiger partial charge in [-0.15, -0.1) is 0 Å². The second kappa shape index (κ2) is 9.89. The number of pyridine rings is 1. The van der Waals surface area contributed by atoms with E-state index in [-0.39, 0.29) is 0 Å². The van der Waals surface area contributed by atoms with Crippen LogP contribution in [-0.2, 0) is 16.2 Å². The fourth-order valence-electron chi connectivity index (χ4n) is 3.03. The second-order valence-corrected chi connectivity index (χ2v) is 17.3. The van der Waals surface area contributed by atoms with Crippen LogP contribution in [-0.4, -0.2) is 52.9 Å². The van der Waals surface area contributed by atoms with Gasteiger partial charge in [0.1, 0.15) is 28.1 Å². The number of anilines is 1. The summed E-state index contributed by atoms with van der Waals surface area (Å²) in [7, 11) is 0.452. The molecule has 3 aromatic rings. The molecule has 1 amide bonds. The van der Waals surface area contributed by atoms with Crippen molar-refractivity contribution >= 4 is 63.0 Å². The second-order valence-electron chi connectivity index (χ2n) is 10.1. The van der Waals surface area contributed by atoms with Crippen LogP contribution in [0.5, 0.6) is 0 Å². The fraction of sp³-hybridized carbons (Fsp3) is 0.500. The van der Waals surface area contributed by atoms with E-state index in [1.165, 1.54) is 4.90 Å². The molecule has 0 aliphatic carbocycles. The van der Waals surface area contributed by atoms with Gasteiger partial charge in [-0.2, -0.15) is 0 Å². The number of fused-ring (bicyclic) bond motifs is 1. The molecule has 0 fully saturated rings. The number of rotatable bonds is 7. The Kier molecular flexibility index (Phi) is 7.77. The van der Waals surface area contributed by atoms with Crippen LogP contribution in [0.3, 0.4) is 0 Å². The largest absolute Gasteiger partial charge is 0.443 e. The lowest BCUT2D eigenvalue weighted by atomic mass is 10.2. The number of halogens is 2. The first kappa shape index (κ1) is 25.9. The van der Waals surface area contributed by atoms with E-state index in [1.54, 1.807) is 13.2 Å². The van der Waals surface area contributed by atoms with E-state index in [0.717, 1.165) is 26.3 Å². The Balaban J connectivity index is 1.93. The van der Waals surface area contributed by atoms with Crippen LogP contribution in [0.25, 0.3) is 22.4 Å². The summed E-state index contributed by atoms with van der Waals surface area (Å²) < 4.78 is 15.2. The number of ether oxygens (including phenoxy) is 2. The Labute approximate surface area is 212 Å². The Morgan fingerprint density at radius 1 is 1.27 bits per heavy atom. The highest BCUT2D eigenvalue weighted by Gasteiger charge is 2.24. The van der Waals surface area contributed by atoms with Gasteiger partial charge in [0, 0.05) is 27.9 Å². The molecular formula is C22H31Br2N5O3Si. The SMILES string of the molecule is CN(C(=O)OC(C)(C)C)c1nc2c(-c3cc(Br)c(Br)n3COCC[Si](C)(C)C)nccc2[nH]1. The van der Waals surface area contributed by atoms with Crippen LogP contribution in [0.2, 0.25) is 25.7 Å². The first-order valence-corrected chi connectivity index (χ1v) is 16.0. The molecule has 33 heavy (non-hydrogen) atoms. The third-order valence-corrected chi connectivity index (χ3v) is 8.52. The van der Waals surface area contributed by atoms with Gasteiger partial charge in [-0.25, -0.2) is 9.78 Å². The van der Waals surface area contributed by atoms with Crippen molar-refractivity contribution in [3.8, 4) is 11.4 Å². The molecule has 0 atom stereocenters. The summed E-state index contributed by atoms with van der Waals surface area (Å²) in [6, 6.07) is 4.91. The molecule has 11 heteroatoms. The van der Waals surface area contributed by atoms with Crippen LogP contribution in [0.4, 0.5) is 10.7 Å². The highest BCUT2D eigenvalue weighted by atomic mass is 79.9. The minimum Gasteiger partial charge on any atom is -0.443 e. The van der Waals surface area contributed by atoms with Crippen molar-refractivity contribution in [1.29, 1.82) is 0 Å². The number of aromatic amines is 1. The van der Waals surface area contributed by atoms with Gasteiger partial charge in [0.05, 0.1) is 15.7 Å². The van der Waals surface area contributed by atoms with Crippen molar-refractivity contribution in [3.05, 3.63) is 27.4 Å². The van der Waals surface area contributed by atoms with Crippen molar-refractivity contribution in [3.63, 3.8) is 0 Å². The topological polar surface area (TPSA) is 85.3 Å².